The first-order chi connectivity index (χ1) is 14.1. The molecule has 0 saturated heterocycles. The van der Waals surface area contributed by atoms with Crippen LogP contribution in [-0.2, 0) is 6.54 Å². The molecule has 0 aliphatic heterocycles. The van der Waals surface area contributed by atoms with Gasteiger partial charge in [0.15, 0.2) is 16.3 Å². The Kier molecular flexibility index (Phi) is 5.41. The summed E-state index contributed by atoms with van der Waals surface area (Å²) in [7, 11) is 0. The first kappa shape index (κ1) is 18.9. The predicted octanol–water partition coefficient (Wildman–Crippen LogP) is 4.02. The quantitative estimate of drug-likeness (QED) is 0.300. The van der Waals surface area contributed by atoms with E-state index in [4.69, 9.17) is 9.62 Å². The zero-order chi connectivity index (χ0) is 20.2. The van der Waals surface area contributed by atoms with Crippen LogP contribution in [0.25, 0.3) is 17.3 Å². The maximum atomic E-state index is 11.4. The zero-order valence-corrected chi connectivity index (χ0v) is 16.6. The van der Waals surface area contributed by atoms with Gasteiger partial charge >= 0.3 is 0 Å². The van der Waals surface area contributed by atoms with E-state index in [1.165, 1.54) is 0 Å². The van der Waals surface area contributed by atoms with E-state index in [2.05, 4.69) is 31.3 Å². The molecule has 0 bridgehead atoms. The second-order valence-electron chi connectivity index (χ2n) is 6.07. The minimum atomic E-state index is -0.561. The van der Waals surface area contributed by atoms with Crippen molar-refractivity contribution >= 4 is 27.5 Å². The third-order valence-electron chi connectivity index (χ3n) is 4.17. The molecule has 0 unspecified atom stereocenters. The molecule has 0 aliphatic rings. The molecule has 29 heavy (non-hydrogen) atoms. The van der Waals surface area contributed by atoms with Crippen molar-refractivity contribution in [1.82, 2.24) is 20.2 Å². The molecule has 2 aromatic heterocycles. The van der Waals surface area contributed by atoms with Crippen LogP contribution in [0.5, 0.6) is 0 Å². The Morgan fingerprint density at radius 2 is 1.83 bits per heavy atom. The lowest BCUT2D eigenvalue weighted by atomic mass is 10.2. The van der Waals surface area contributed by atoms with Crippen molar-refractivity contribution in [2.45, 2.75) is 6.54 Å². The number of nitrogens with zero attached hydrogens (tertiary/aromatic N) is 3. The summed E-state index contributed by atoms with van der Waals surface area (Å²) in [6.07, 6.45) is 0. The Morgan fingerprint density at radius 1 is 1.07 bits per heavy atom. The maximum Gasteiger partial charge on any atom is 0.274 e. The molecule has 0 fully saturated rings. The van der Waals surface area contributed by atoms with Crippen LogP contribution in [0.3, 0.4) is 0 Å². The van der Waals surface area contributed by atoms with Crippen molar-refractivity contribution < 1.29 is 14.4 Å². The molecule has 0 radical (unpaired) electrons. The van der Waals surface area contributed by atoms with Gasteiger partial charge in [-0.15, -0.1) is 5.10 Å². The van der Waals surface area contributed by atoms with Gasteiger partial charge in [-0.2, -0.15) is 0 Å². The number of anilines is 1. The van der Waals surface area contributed by atoms with Gasteiger partial charge in [0.05, 0.1) is 12.2 Å². The molecule has 0 atom stereocenters. The average Bonchev–Trinajstić information content (AvgIpc) is 3.39. The fourth-order valence-corrected chi connectivity index (χ4v) is 3.07. The Labute approximate surface area is 174 Å². The van der Waals surface area contributed by atoms with Crippen molar-refractivity contribution in [1.29, 1.82) is 0 Å². The number of para-hydroxylation sites is 1. The highest BCUT2D eigenvalue weighted by Gasteiger charge is 2.15. The highest BCUT2D eigenvalue weighted by atomic mass is 79.9. The number of hydrogen-bond donors (Lipinski definition) is 3. The largest absolute Gasteiger partial charge is 0.446 e. The Morgan fingerprint density at radius 3 is 2.48 bits per heavy atom. The maximum absolute atomic E-state index is 11.4. The number of halogens is 1. The van der Waals surface area contributed by atoms with Crippen LogP contribution < -0.4 is 10.8 Å². The molecule has 4 aromatic rings. The van der Waals surface area contributed by atoms with E-state index in [0.29, 0.717) is 34.2 Å². The SMILES string of the molecule is O=C(NO)c1ccc(NCc2nc(-c3ccc(Br)o3)nn2-c2ccccc2)cc1. The van der Waals surface area contributed by atoms with Crippen molar-refractivity contribution in [2.75, 3.05) is 5.32 Å². The molecule has 3 N–H and O–H groups in total. The number of hydroxylamine groups is 1. The zero-order valence-electron chi connectivity index (χ0n) is 15.0. The molecule has 0 aliphatic carbocycles. The van der Waals surface area contributed by atoms with Gasteiger partial charge in [-0.05, 0) is 64.5 Å². The van der Waals surface area contributed by atoms with Crippen LogP contribution >= 0.6 is 15.9 Å². The molecule has 146 valence electrons. The fourth-order valence-electron chi connectivity index (χ4n) is 2.76. The number of hydrogen-bond acceptors (Lipinski definition) is 6. The number of nitrogens with one attached hydrogen (secondary N) is 2. The lowest BCUT2D eigenvalue weighted by Crippen LogP contribution is -2.18. The molecule has 9 heteroatoms. The van der Waals surface area contributed by atoms with Crippen molar-refractivity contribution in [3.05, 3.63) is 82.8 Å². The normalized spacial score (nSPS) is 10.7. The average molecular weight is 454 g/mol. The van der Waals surface area contributed by atoms with Crippen LogP contribution in [0, 0.1) is 0 Å². The van der Waals surface area contributed by atoms with Gasteiger partial charge in [0.25, 0.3) is 5.91 Å². The van der Waals surface area contributed by atoms with Crippen molar-refractivity contribution in [3.8, 4) is 17.3 Å². The number of carbonyl (C=O) groups excluding carboxylic acids is 1. The summed E-state index contributed by atoms with van der Waals surface area (Å²) in [6, 6.07) is 20.0. The van der Waals surface area contributed by atoms with Gasteiger partial charge in [-0.25, -0.2) is 15.1 Å². The van der Waals surface area contributed by atoms with Gasteiger partial charge in [0.2, 0.25) is 5.82 Å². The van der Waals surface area contributed by atoms with Gasteiger partial charge in [0, 0.05) is 11.3 Å². The molecule has 2 aromatic carbocycles. The van der Waals surface area contributed by atoms with Crippen LogP contribution in [0.4, 0.5) is 5.69 Å². The molecule has 0 saturated carbocycles. The van der Waals surface area contributed by atoms with E-state index in [-0.39, 0.29) is 0 Å². The molecule has 0 spiro atoms. The summed E-state index contributed by atoms with van der Waals surface area (Å²) in [4.78, 5) is 16.1. The van der Waals surface area contributed by atoms with E-state index in [1.54, 1.807) is 46.6 Å². The lowest BCUT2D eigenvalue weighted by Gasteiger charge is -2.08. The van der Waals surface area contributed by atoms with E-state index < -0.39 is 5.91 Å². The summed E-state index contributed by atoms with van der Waals surface area (Å²) in [6.45, 7) is 0.398. The van der Waals surface area contributed by atoms with Gasteiger partial charge in [-0.1, -0.05) is 18.2 Å². The standard InChI is InChI=1S/C20H16BrN5O3/c21-17-11-10-16(29-17)19-23-18(26(24-19)15-4-2-1-3-5-15)12-22-14-8-6-13(7-9-14)20(27)25-28/h1-11,22,28H,12H2,(H,25,27). The van der Waals surface area contributed by atoms with Crippen LogP contribution in [0.1, 0.15) is 16.2 Å². The fraction of sp³-hybridized carbons (Fsp3) is 0.0500. The minimum absolute atomic E-state index is 0.358. The smallest absolute Gasteiger partial charge is 0.274 e. The molecule has 2 heterocycles. The van der Waals surface area contributed by atoms with E-state index in [0.717, 1.165) is 11.4 Å². The monoisotopic (exact) mass is 453 g/mol. The summed E-state index contributed by atoms with van der Waals surface area (Å²) in [5.74, 6) is 1.17. The first-order valence-electron chi connectivity index (χ1n) is 8.69. The second kappa shape index (κ2) is 8.29. The summed E-state index contributed by atoms with van der Waals surface area (Å²) in [5.41, 5.74) is 3.64. The minimum Gasteiger partial charge on any atom is -0.446 e. The Balaban J connectivity index is 1.60. The highest BCUT2D eigenvalue weighted by Crippen LogP contribution is 2.24. The lowest BCUT2D eigenvalue weighted by molar-refractivity contribution is 0.0706. The van der Waals surface area contributed by atoms with Gasteiger partial charge in [-0.3, -0.25) is 10.0 Å². The van der Waals surface area contributed by atoms with Crippen LogP contribution in [-0.4, -0.2) is 25.9 Å². The number of aromatic nitrogens is 3. The third-order valence-corrected chi connectivity index (χ3v) is 4.59. The topological polar surface area (TPSA) is 105 Å². The third kappa shape index (κ3) is 4.20. The van der Waals surface area contributed by atoms with E-state index >= 15 is 0 Å². The van der Waals surface area contributed by atoms with Gasteiger partial charge in [0.1, 0.15) is 0 Å². The number of amides is 1. The Bertz CT molecular complexity index is 1120. The summed E-state index contributed by atoms with van der Waals surface area (Å²) in [5, 5.41) is 16.6. The number of carbonyl (C=O) groups is 1. The predicted molar refractivity (Wildman–Crippen MR) is 110 cm³/mol. The number of benzene rings is 2. The Hall–Kier alpha value is -3.43. The first-order valence-corrected chi connectivity index (χ1v) is 9.49. The molecule has 4 rings (SSSR count). The molecule has 8 nitrogen and oxygen atoms in total. The van der Waals surface area contributed by atoms with Crippen LogP contribution in [0.15, 0.2) is 75.8 Å². The second-order valence-corrected chi connectivity index (χ2v) is 6.86. The number of rotatable bonds is 6. The molecular formula is C20H16BrN5O3. The van der Waals surface area contributed by atoms with Crippen molar-refractivity contribution in [3.63, 3.8) is 0 Å². The van der Waals surface area contributed by atoms with Gasteiger partial charge < -0.3 is 9.73 Å². The summed E-state index contributed by atoms with van der Waals surface area (Å²) >= 11 is 3.30. The van der Waals surface area contributed by atoms with Crippen LogP contribution in [0.2, 0.25) is 0 Å². The van der Waals surface area contributed by atoms with E-state index in [9.17, 15) is 4.79 Å². The summed E-state index contributed by atoms with van der Waals surface area (Å²) < 4.78 is 7.95. The molecular weight excluding hydrogens is 438 g/mol. The number of furan rings is 1. The highest BCUT2D eigenvalue weighted by molar-refractivity contribution is 9.10. The molecule has 1 amide bonds. The van der Waals surface area contributed by atoms with E-state index in [1.807, 2.05) is 30.3 Å². The van der Waals surface area contributed by atoms with Crippen molar-refractivity contribution in [2.24, 2.45) is 0 Å².